The van der Waals surface area contributed by atoms with Gasteiger partial charge in [0.15, 0.2) is 5.34 Å². The molecule has 0 heterocycles. The predicted octanol–water partition coefficient (Wildman–Crippen LogP) is 16.5. The fourth-order valence-corrected chi connectivity index (χ4v) is 8.57. The van der Waals surface area contributed by atoms with Gasteiger partial charge in [-0.1, -0.05) is 146 Å². The molecule has 0 saturated carbocycles. The average Bonchev–Trinajstić information content (AvgIpc) is 3.15. The van der Waals surface area contributed by atoms with Crippen LogP contribution in [-0.2, 0) is 16.2 Å². The van der Waals surface area contributed by atoms with Gasteiger partial charge in [0.2, 0.25) is 0 Å². The van der Waals surface area contributed by atoms with Gasteiger partial charge in [0.1, 0.15) is 37.4 Å². The van der Waals surface area contributed by atoms with Crippen molar-refractivity contribution in [2.24, 2.45) is 23.7 Å². The van der Waals surface area contributed by atoms with Gasteiger partial charge in [0, 0.05) is 33.2 Å². The Bertz CT molecular complexity index is 2080. The highest BCUT2D eigenvalue weighted by Crippen LogP contribution is 2.57. The molecule has 0 amide bonds. The predicted molar refractivity (Wildman–Crippen MR) is 262 cm³/mol. The van der Waals surface area contributed by atoms with Crippen LogP contribution >= 0.6 is 17.6 Å². The summed E-state index contributed by atoms with van der Waals surface area (Å²) in [4.78, 5) is 0. The number of rotatable bonds is 18. The number of hydrogen-bond donors (Lipinski definition) is 0. The van der Waals surface area contributed by atoms with E-state index in [-0.39, 0.29) is 39.8 Å². The molecule has 0 aliphatic rings. The highest BCUT2D eigenvalue weighted by molar-refractivity contribution is 7.34. The zero-order chi connectivity index (χ0) is 44.6. The molecule has 0 aliphatic heterocycles. The Morgan fingerprint density at radius 3 is 1.56 bits per heavy atom. The van der Waals surface area contributed by atoms with Crippen LogP contribution in [0.3, 0.4) is 0 Å². The van der Waals surface area contributed by atoms with Crippen LogP contribution in [0.15, 0.2) is 54.6 Å². The summed E-state index contributed by atoms with van der Waals surface area (Å²) in [7, 11) is 0.255. The van der Waals surface area contributed by atoms with Crippen molar-refractivity contribution in [3.8, 4) is 34.1 Å². The highest BCUT2D eigenvalue weighted by Gasteiger charge is 2.40. The lowest BCUT2D eigenvalue weighted by molar-refractivity contribution is 0.0590. The van der Waals surface area contributed by atoms with Crippen molar-refractivity contribution < 1.29 is 18.5 Å². The molecule has 4 rings (SSSR count). The molecule has 0 aliphatic carbocycles. The summed E-state index contributed by atoms with van der Waals surface area (Å²) in [5.41, 5.74) is 7.22. The van der Waals surface area contributed by atoms with E-state index in [1.54, 1.807) is 0 Å². The molecule has 0 aromatic heterocycles. The summed E-state index contributed by atoms with van der Waals surface area (Å²) in [6, 6.07) is 19.6. The van der Waals surface area contributed by atoms with Crippen molar-refractivity contribution in [3.63, 3.8) is 0 Å². The Kier molecular flexibility index (Phi) is 15.1. The first-order valence-corrected chi connectivity index (χ1v) is 24.5. The van der Waals surface area contributed by atoms with Gasteiger partial charge in [-0.25, -0.2) is 0 Å². The van der Waals surface area contributed by atoms with Crippen LogP contribution in [0.5, 0.6) is 23.0 Å². The first-order chi connectivity index (χ1) is 27.2. The Balaban J connectivity index is 2.23. The second kappa shape index (κ2) is 18.3. The maximum Gasteiger partial charge on any atom is 0.157 e. The fraction of sp³-hybridized carbons (Fsp3) is 0.585. The molecular weight excluding hydrogens is 763 g/mol. The van der Waals surface area contributed by atoms with Gasteiger partial charge in [0.25, 0.3) is 0 Å². The fourth-order valence-electron chi connectivity index (χ4n) is 7.33. The average molecular weight is 843 g/mol. The van der Waals surface area contributed by atoms with Crippen LogP contribution in [0.1, 0.15) is 159 Å². The van der Waals surface area contributed by atoms with Crippen LogP contribution in [0.2, 0.25) is 0 Å². The summed E-state index contributed by atoms with van der Waals surface area (Å²) in [5.74, 6) is 4.98. The number of fused-ring (bicyclic) bond motifs is 1. The molecule has 0 N–H and O–H groups in total. The zero-order valence-electron chi connectivity index (χ0n) is 40.8. The van der Waals surface area contributed by atoms with E-state index in [4.69, 9.17) is 18.5 Å². The van der Waals surface area contributed by atoms with E-state index in [1.807, 2.05) is 0 Å². The molecule has 0 saturated heterocycles. The molecule has 4 nitrogen and oxygen atoms in total. The number of ether oxygens (including phenoxy) is 2. The molecule has 0 bridgehead atoms. The van der Waals surface area contributed by atoms with Crippen molar-refractivity contribution >= 4 is 28.4 Å². The quantitative estimate of drug-likeness (QED) is 0.0935. The van der Waals surface area contributed by atoms with Gasteiger partial charge in [-0.05, 0) is 116 Å². The normalized spacial score (nSPS) is 14.5. The monoisotopic (exact) mass is 843 g/mol. The van der Waals surface area contributed by atoms with Gasteiger partial charge >= 0.3 is 0 Å². The molecule has 3 atom stereocenters. The molecule has 59 heavy (non-hydrogen) atoms. The Hall–Kier alpha value is -2.80. The Morgan fingerprint density at radius 2 is 1.03 bits per heavy atom. The molecule has 4 aromatic rings. The minimum atomic E-state index is -0.602. The van der Waals surface area contributed by atoms with E-state index in [0.717, 1.165) is 62.4 Å². The minimum Gasteiger partial charge on any atom is -0.487 e. The summed E-state index contributed by atoms with van der Waals surface area (Å²) in [5, 5.41) is 1.67. The van der Waals surface area contributed by atoms with Gasteiger partial charge in [0.05, 0.1) is 8.81 Å². The highest BCUT2D eigenvalue weighted by atomic mass is 31.1. The standard InChI is InChI=1S/C53H80O4P2/c1-22-53(20,55-43-29-25-27-38-26-23-24-28-39(38)43)59-57-48-42(51(16,17)34(6)7)31-44(54-52(18,19)35(8)9)37(11)46(48)45-36(10)40(49(12,13)32(2)3)30-41(47(45)56-58-21)50(14,15)33(4)5/h23-35,58-59H,22H2,1-21H3. The van der Waals surface area contributed by atoms with Crippen molar-refractivity contribution in [1.82, 2.24) is 0 Å². The van der Waals surface area contributed by atoms with Gasteiger partial charge in [-0.3, -0.25) is 0 Å². The maximum atomic E-state index is 7.54. The topological polar surface area (TPSA) is 36.9 Å². The van der Waals surface area contributed by atoms with Crippen LogP contribution in [0.25, 0.3) is 21.9 Å². The van der Waals surface area contributed by atoms with E-state index >= 15 is 0 Å². The van der Waals surface area contributed by atoms with Gasteiger partial charge in [-0.2, -0.15) is 0 Å². The van der Waals surface area contributed by atoms with Crippen molar-refractivity contribution in [1.29, 1.82) is 0 Å². The smallest absolute Gasteiger partial charge is 0.157 e. The minimum absolute atomic E-state index is 0.00333. The van der Waals surface area contributed by atoms with Crippen molar-refractivity contribution in [2.45, 2.75) is 172 Å². The van der Waals surface area contributed by atoms with E-state index in [1.165, 1.54) is 16.7 Å². The third kappa shape index (κ3) is 9.81. The molecule has 0 radical (unpaired) electrons. The molecule has 3 unspecified atom stereocenters. The molecular formula is C53H80O4P2. The van der Waals surface area contributed by atoms with Crippen LogP contribution in [0.4, 0.5) is 0 Å². The molecule has 0 spiro atoms. The first kappa shape index (κ1) is 48.9. The third-order valence-corrected chi connectivity index (χ3v) is 16.4. The lowest BCUT2D eigenvalue weighted by atomic mass is 9.67. The van der Waals surface area contributed by atoms with E-state index in [0.29, 0.717) is 17.8 Å². The SMILES string of the molecule is CCC(C)(Oc1cccc2ccccc12)POc1c(C(C)(C)C(C)C)cc(OC(C)(C)C(C)C)c(C)c1-c1c(C)c(C(C)(C)C(C)C)cc(C(C)(C)C(C)C)c1OPC. The van der Waals surface area contributed by atoms with E-state index < -0.39 is 10.9 Å². The summed E-state index contributed by atoms with van der Waals surface area (Å²) < 4.78 is 28.8. The second-order valence-corrected chi connectivity index (χ2v) is 22.8. The van der Waals surface area contributed by atoms with Gasteiger partial charge < -0.3 is 18.5 Å². The van der Waals surface area contributed by atoms with Gasteiger partial charge in [-0.15, -0.1) is 0 Å². The summed E-state index contributed by atoms with van der Waals surface area (Å²) >= 11 is 0. The Morgan fingerprint density at radius 1 is 0.542 bits per heavy atom. The Labute approximate surface area is 364 Å². The van der Waals surface area contributed by atoms with Crippen LogP contribution < -0.4 is 18.5 Å². The van der Waals surface area contributed by atoms with Crippen molar-refractivity contribution in [2.75, 3.05) is 6.66 Å². The third-order valence-electron chi connectivity index (χ3n) is 14.8. The lowest BCUT2D eigenvalue weighted by Crippen LogP contribution is -2.35. The second-order valence-electron chi connectivity index (χ2n) is 20.7. The van der Waals surface area contributed by atoms with Crippen LogP contribution in [-0.4, -0.2) is 17.6 Å². The number of benzene rings is 4. The first-order valence-electron chi connectivity index (χ1n) is 22.2. The number of hydrogen-bond acceptors (Lipinski definition) is 4. The summed E-state index contributed by atoms with van der Waals surface area (Å²) in [6.45, 7) is 48.3. The van der Waals surface area contributed by atoms with Crippen LogP contribution in [0, 0.1) is 37.5 Å². The molecule has 0 fully saturated rings. The molecule has 326 valence electrons. The zero-order valence-corrected chi connectivity index (χ0v) is 42.8. The van der Waals surface area contributed by atoms with E-state index in [9.17, 15) is 0 Å². The summed E-state index contributed by atoms with van der Waals surface area (Å²) in [6.07, 6.45) is 0.769. The van der Waals surface area contributed by atoms with Crippen molar-refractivity contribution in [3.05, 3.63) is 82.4 Å². The molecule has 4 aromatic carbocycles. The lowest BCUT2D eigenvalue weighted by Gasteiger charge is -2.40. The van der Waals surface area contributed by atoms with E-state index in [2.05, 4.69) is 200 Å². The molecule has 6 heteroatoms. The maximum absolute atomic E-state index is 7.54. The largest absolute Gasteiger partial charge is 0.487 e.